The van der Waals surface area contributed by atoms with Crippen molar-refractivity contribution in [3.8, 4) is 0 Å². The van der Waals surface area contributed by atoms with E-state index in [0.717, 1.165) is 12.8 Å². The number of halogens is 2. The SMILES string of the molecule is C=CCC[C]1[CH][C]2[C]([CH]1)C(C)=CC=C2C.[CH]1[CH][CH][CH][CH]1.[Cl][Zr+2][Cl]. The van der Waals surface area contributed by atoms with Gasteiger partial charge in [-0.1, -0.05) is 29.4 Å². The van der Waals surface area contributed by atoms with Crippen LogP contribution in [0.25, 0.3) is 0 Å². The van der Waals surface area contributed by atoms with E-state index in [-0.39, 0.29) is 0 Å². The van der Waals surface area contributed by atoms with Crippen LogP contribution in [0.3, 0.4) is 0 Å². The van der Waals surface area contributed by atoms with Crippen LogP contribution in [0.1, 0.15) is 26.7 Å². The Morgan fingerprint density at radius 3 is 1.65 bits per heavy atom. The fourth-order valence-corrected chi connectivity index (χ4v) is 2.38. The zero-order valence-electron chi connectivity index (χ0n) is 13.7. The van der Waals surface area contributed by atoms with Gasteiger partial charge in [-0.3, -0.25) is 0 Å². The molecule has 0 heterocycles. The van der Waals surface area contributed by atoms with Gasteiger partial charge in [-0.05, 0) is 77.6 Å². The number of allylic oxidation sites excluding steroid dienone is 5. The Labute approximate surface area is 162 Å². The molecule has 2 fully saturated rings. The first kappa shape index (κ1) is 21.7. The van der Waals surface area contributed by atoms with Crippen molar-refractivity contribution >= 4 is 17.0 Å². The summed E-state index contributed by atoms with van der Waals surface area (Å²) < 4.78 is 0. The molecule has 118 valence electrons. The van der Waals surface area contributed by atoms with E-state index in [1.54, 1.807) is 0 Å². The predicted molar refractivity (Wildman–Crippen MR) is 98.5 cm³/mol. The van der Waals surface area contributed by atoms with Gasteiger partial charge >= 0.3 is 37.9 Å². The van der Waals surface area contributed by atoms with Gasteiger partial charge in [0, 0.05) is 11.8 Å². The molecule has 3 heteroatoms. The van der Waals surface area contributed by atoms with Crippen LogP contribution in [0.4, 0.5) is 0 Å². The van der Waals surface area contributed by atoms with Crippen LogP contribution < -0.4 is 0 Å². The van der Waals surface area contributed by atoms with Crippen LogP contribution in [0.15, 0.2) is 36.0 Å². The van der Waals surface area contributed by atoms with Crippen molar-refractivity contribution in [3.63, 3.8) is 0 Å². The van der Waals surface area contributed by atoms with Crippen LogP contribution in [-0.2, 0) is 20.8 Å². The average Bonchev–Trinajstić information content (AvgIpc) is 3.22. The van der Waals surface area contributed by atoms with Crippen molar-refractivity contribution in [2.75, 3.05) is 0 Å². The van der Waals surface area contributed by atoms with E-state index in [1.165, 1.54) is 28.9 Å². The van der Waals surface area contributed by atoms with Crippen molar-refractivity contribution in [1.82, 2.24) is 0 Å². The third-order valence-corrected chi connectivity index (χ3v) is 3.58. The molecule has 0 aromatic carbocycles. The fourth-order valence-electron chi connectivity index (χ4n) is 2.38. The second-order valence-electron chi connectivity index (χ2n) is 5.25. The predicted octanol–water partition coefficient (Wildman–Crippen LogP) is 6.40. The molecule has 0 N–H and O–H groups in total. The van der Waals surface area contributed by atoms with Gasteiger partial charge in [0.2, 0.25) is 0 Å². The van der Waals surface area contributed by atoms with Crippen molar-refractivity contribution in [2.24, 2.45) is 0 Å². The van der Waals surface area contributed by atoms with Gasteiger partial charge < -0.3 is 0 Å². The Hall–Kier alpha value is 0.683. The molecule has 10 radical (unpaired) electrons. The molecule has 0 spiro atoms. The van der Waals surface area contributed by atoms with Crippen LogP contribution in [-0.4, -0.2) is 0 Å². The first-order chi connectivity index (χ1) is 11.1. The van der Waals surface area contributed by atoms with Gasteiger partial charge in [0.1, 0.15) is 0 Å². The summed E-state index contributed by atoms with van der Waals surface area (Å²) in [5.74, 6) is 4.26. The molecular weight excluding hydrogens is 402 g/mol. The fraction of sp³-hybridized carbons (Fsp3) is 0.200. The van der Waals surface area contributed by atoms with E-state index in [1.807, 2.05) is 38.2 Å². The van der Waals surface area contributed by atoms with Crippen molar-refractivity contribution in [3.05, 3.63) is 98.7 Å². The Kier molecular flexibility index (Phi) is 12.2. The minimum atomic E-state index is -0.826. The van der Waals surface area contributed by atoms with Crippen LogP contribution in [0, 0.1) is 62.7 Å². The molecule has 0 amide bonds. The Morgan fingerprint density at radius 1 is 0.913 bits per heavy atom. The van der Waals surface area contributed by atoms with Crippen LogP contribution in [0.5, 0.6) is 0 Å². The second kappa shape index (κ2) is 13.0. The second-order valence-corrected chi connectivity index (χ2v) is 8.98. The quantitative estimate of drug-likeness (QED) is 0.460. The summed E-state index contributed by atoms with van der Waals surface area (Å²) in [6.45, 7) is 8.12. The van der Waals surface area contributed by atoms with E-state index >= 15 is 0 Å². The maximum atomic E-state index is 4.93. The summed E-state index contributed by atoms with van der Waals surface area (Å²) in [5.41, 5.74) is 2.75. The molecule has 3 aliphatic carbocycles. The number of rotatable bonds is 3. The average molecular weight is 425 g/mol. The normalized spacial score (nSPS) is 21.0. The van der Waals surface area contributed by atoms with Crippen molar-refractivity contribution in [2.45, 2.75) is 26.7 Å². The van der Waals surface area contributed by atoms with Crippen molar-refractivity contribution < 1.29 is 20.8 Å². The molecule has 0 saturated heterocycles. The molecule has 3 aliphatic rings. The van der Waals surface area contributed by atoms with Crippen LogP contribution >= 0.6 is 17.0 Å². The van der Waals surface area contributed by atoms with Crippen LogP contribution in [0.2, 0.25) is 0 Å². The third-order valence-electron chi connectivity index (χ3n) is 3.58. The Morgan fingerprint density at radius 2 is 1.30 bits per heavy atom. The van der Waals surface area contributed by atoms with Gasteiger partial charge in [0.25, 0.3) is 0 Å². The number of hydrogen-bond donors (Lipinski definition) is 0. The van der Waals surface area contributed by atoms with E-state index < -0.39 is 20.8 Å². The molecule has 2 saturated carbocycles. The van der Waals surface area contributed by atoms with E-state index in [9.17, 15) is 0 Å². The van der Waals surface area contributed by atoms with Crippen molar-refractivity contribution in [1.29, 1.82) is 0 Å². The molecular formula is C20H22Cl2Zr+2. The van der Waals surface area contributed by atoms with Gasteiger partial charge in [-0.2, -0.15) is 0 Å². The minimum absolute atomic E-state index is 0.826. The van der Waals surface area contributed by atoms with E-state index in [2.05, 4.69) is 45.4 Å². The molecule has 3 rings (SSSR count). The third kappa shape index (κ3) is 8.07. The van der Waals surface area contributed by atoms with Gasteiger partial charge in [0.15, 0.2) is 0 Å². The summed E-state index contributed by atoms with van der Waals surface area (Å²) in [6, 6.07) is 0. The Balaban J connectivity index is 0.000000273. The van der Waals surface area contributed by atoms with E-state index in [4.69, 9.17) is 17.0 Å². The molecule has 0 unspecified atom stereocenters. The molecule has 0 aromatic rings. The van der Waals surface area contributed by atoms with Gasteiger partial charge in [0.05, 0.1) is 0 Å². The topological polar surface area (TPSA) is 0 Å². The van der Waals surface area contributed by atoms with Gasteiger partial charge in [-0.15, -0.1) is 6.58 Å². The summed E-state index contributed by atoms with van der Waals surface area (Å²) >= 11 is -0.826. The summed E-state index contributed by atoms with van der Waals surface area (Å²) in [7, 11) is 9.87. The standard InChI is InChI=1S/C15H17.C5H5.2ClH.Zr/c1-4-5-6-13-9-14-11(2)7-8-12(3)15(14)10-13;1-2-4-5-3-1;;;/h4,7-10H,1,5-6H2,2-3H3;1-5H;2*1H;/q;;;;+4/p-2. The molecule has 0 aliphatic heterocycles. The summed E-state index contributed by atoms with van der Waals surface area (Å²) in [6.07, 6.45) is 23.2. The summed E-state index contributed by atoms with van der Waals surface area (Å²) in [5, 5.41) is 0. The van der Waals surface area contributed by atoms with Gasteiger partial charge in [-0.25, -0.2) is 0 Å². The number of fused-ring (bicyclic) bond motifs is 1. The first-order valence-corrected chi connectivity index (χ1v) is 13.9. The number of hydrogen-bond acceptors (Lipinski definition) is 0. The molecule has 23 heavy (non-hydrogen) atoms. The maximum absolute atomic E-state index is 4.93. The monoisotopic (exact) mass is 422 g/mol. The van der Waals surface area contributed by atoms with E-state index in [0.29, 0.717) is 0 Å². The zero-order valence-corrected chi connectivity index (χ0v) is 17.6. The first-order valence-electron chi connectivity index (χ1n) is 7.53. The molecule has 0 nitrogen and oxygen atoms in total. The molecule has 0 aromatic heterocycles. The molecule has 0 bridgehead atoms. The summed E-state index contributed by atoms with van der Waals surface area (Å²) in [4.78, 5) is 0. The Bertz CT molecular complexity index is 363. The zero-order chi connectivity index (χ0) is 17.1. The molecule has 0 atom stereocenters.